The number of nitrogens with zero attached hydrogens (tertiary/aromatic N) is 2. The number of carbonyl (C=O) groups is 2. The predicted molar refractivity (Wildman–Crippen MR) is 95.0 cm³/mol. The Labute approximate surface area is 151 Å². The van der Waals surface area contributed by atoms with Crippen LogP contribution in [0.25, 0.3) is 11.0 Å². The zero-order valence-corrected chi connectivity index (χ0v) is 14.5. The average Bonchev–Trinajstić information content (AvgIpc) is 3.44. The fourth-order valence-electron chi connectivity index (χ4n) is 4.54. The van der Waals surface area contributed by atoms with Gasteiger partial charge in [0.05, 0.1) is 11.8 Å². The van der Waals surface area contributed by atoms with Gasteiger partial charge in [-0.3, -0.25) is 9.59 Å². The highest BCUT2D eigenvalue weighted by Gasteiger charge is 2.39. The lowest BCUT2D eigenvalue weighted by atomic mass is 9.95. The summed E-state index contributed by atoms with van der Waals surface area (Å²) >= 11 is 0. The third-order valence-electron chi connectivity index (χ3n) is 5.93. The number of pyridine rings is 1. The van der Waals surface area contributed by atoms with E-state index in [-0.39, 0.29) is 17.9 Å². The summed E-state index contributed by atoms with van der Waals surface area (Å²) in [6.45, 7) is 1.56. The molecule has 2 bridgehead atoms. The van der Waals surface area contributed by atoms with Gasteiger partial charge < -0.3 is 20.0 Å². The largest absolute Gasteiger partial charge is 0.462 e. The minimum Gasteiger partial charge on any atom is -0.462 e. The van der Waals surface area contributed by atoms with E-state index < -0.39 is 0 Å². The number of likely N-dealkylation sites (tertiary alicyclic amines) is 1. The van der Waals surface area contributed by atoms with E-state index in [9.17, 15) is 9.59 Å². The molecule has 0 spiro atoms. The molecule has 3 atom stereocenters. The van der Waals surface area contributed by atoms with Crippen LogP contribution in [0, 0.1) is 0 Å². The first kappa shape index (κ1) is 15.8. The molecule has 2 aromatic rings. The van der Waals surface area contributed by atoms with Gasteiger partial charge in [0.2, 0.25) is 0 Å². The quantitative estimate of drug-likeness (QED) is 0.876. The van der Waals surface area contributed by atoms with Gasteiger partial charge in [-0.1, -0.05) is 0 Å². The lowest BCUT2D eigenvalue weighted by Gasteiger charge is -2.21. The maximum atomic E-state index is 12.7. The van der Waals surface area contributed by atoms with E-state index in [1.165, 1.54) is 18.9 Å². The van der Waals surface area contributed by atoms with Gasteiger partial charge in [0.1, 0.15) is 12.0 Å². The van der Waals surface area contributed by atoms with E-state index in [1.54, 1.807) is 6.07 Å². The lowest BCUT2D eigenvalue weighted by Crippen LogP contribution is -2.43. The molecule has 0 radical (unpaired) electrons. The summed E-state index contributed by atoms with van der Waals surface area (Å²) < 4.78 is 5.49. The fourth-order valence-corrected chi connectivity index (χ4v) is 4.54. The lowest BCUT2D eigenvalue weighted by molar-refractivity contribution is 0.0793. The number of rotatable bonds is 3. The summed E-state index contributed by atoms with van der Waals surface area (Å²) in [5.41, 5.74) is 1.38. The van der Waals surface area contributed by atoms with Gasteiger partial charge in [0.25, 0.3) is 11.8 Å². The minimum absolute atomic E-state index is 0.0314. The van der Waals surface area contributed by atoms with Gasteiger partial charge in [-0.25, -0.2) is 4.98 Å². The van der Waals surface area contributed by atoms with Gasteiger partial charge in [-0.2, -0.15) is 0 Å². The molecule has 136 valence electrons. The number of amides is 2. The van der Waals surface area contributed by atoms with Crippen molar-refractivity contribution in [1.29, 1.82) is 0 Å². The van der Waals surface area contributed by atoms with E-state index in [0.29, 0.717) is 34.3 Å². The normalized spacial score (nSPS) is 27.4. The Morgan fingerprint density at radius 1 is 1.27 bits per heavy atom. The Balaban J connectivity index is 1.39. The van der Waals surface area contributed by atoms with Gasteiger partial charge in [-0.15, -0.1) is 0 Å². The maximum Gasteiger partial charge on any atom is 0.270 e. The number of carbonyl (C=O) groups excluding carboxylic acids is 2. The van der Waals surface area contributed by atoms with Gasteiger partial charge in [0, 0.05) is 36.6 Å². The van der Waals surface area contributed by atoms with Crippen molar-refractivity contribution in [1.82, 2.24) is 20.5 Å². The van der Waals surface area contributed by atoms with Crippen molar-refractivity contribution in [2.24, 2.45) is 0 Å². The van der Waals surface area contributed by atoms with Crippen molar-refractivity contribution in [2.75, 3.05) is 13.1 Å². The van der Waals surface area contributed by atoms with Crippen molar-refractivity contribution in [3.8, 4) is 0 Å². The second kappa shape index (κ2) is 6.09. The maximum absolute atomic E-state index is 12.7. The van der Waals surface area contributed by atoms with Crippen LogP contribution in [0.2, 0.25) is 0 Å². The average molecular weight is 354 g/mol. The number of furan rings is 1. The van der Waals surface area contributed by atoms with Crippen molar-refractivity contribution < 1.29 is 14.0 Å². The highest BCUT2D eigenvalue weighted by molar-refractivity contribution is 6.07. The highest BCUT2D eigenvalue weighted by atomic mass is 16.3. The molecule has 7 nitrogen and oxygen atoms in total. The molecule has 2 amide bonds. The van der Waals surface area contributed by atoms with E-state index in [4.69, 9.17) is 4.42 Å². The molecule has 3 aliphatic rings. The molecule has 0 aliphatic carbocycles. The molecule has 5 rings (SSSR count). The van der Waals surface area contributed by atoms with Crippen LogP contribution in [0.5, 0.6) is 0 Å². The standard InChI is InChI=1S/C19H22N4O3/c24-18(22-15-7-11-3-4-14(15)21-11)16-8-12-13(10-26-17(12)9-20-16)19(25)23-5-1-2-6-23/h8-11,14-15,21H,1-7H2,(H,22,24)/t11-,14+,15-/m1/s1. The van der Waals surface area contributed by atoms with Gasteiger partial charge >= 0.3 is 0 Å². The summed E-state index contributed by atoms with van der Waals surface area (Å²) in [6, 6.07) is 2.74. The first-order valence-electron chi connectivity index (χ1n) is 9.42. The number of hydrogen-bond donors (Lipinski definition) is 2. The predicted octanol–water partition coefficient (Wildman–Crippen LogP) is 1.69. The van der Waals surface area contributed by atoms with Crippen molar-refractivity contribution in [2.45, 2.75) is 50.2 Å². The summed E-state index contributed by atoms with van der Waals surface area (Å²) in [4.78, 5) is 31.4. The molecule has 7 heteroatoms. The topological polar surface area (TPSA) is 87.5 Å². The number of nitrogens with one attached hydrogen (secondary N) is 2. The first-order chi connectivity index (χ1) is 12.7. The second-order valence-corrected chi connectivity index (χ2v) is 7.58. The molecular weight excluding hydrogens is 332 g/mol. The van der Waals surface area contributed by atoms with Crippen molar-refractivity contribution >= 4 is 22.8 Å². The van der Waals surface area contributed by atoms with Crippen LogP contribution in [-0.4, -0.2) is 52.9 Å². The monoisotopic (exact) mass is 354 g/mol. The Hall–Kier alpha value is -2.41. The fraction of sp³-hybridized carbons (Fsp3) is 0.526. The SMILES string of the molecule is O=C(N[C@@H]1C[C@H]2CC[C@@H]1N2)c1cc2c(C(=O)N3CCCC3)coc2cn1. The summed E-state index contributed by atoms with van der Waals surface area (Å²) in [5.74, 6) is -0.219. The van der Waals surface area contributed by atoms with E-state index in [0.717, 1.165) is 38.8 Å². The van der Waals surface area contributed by atoms with Gasteiger partial charge in [-0.05, 0) is 38.2 Å². The molecule has 0 saturated carbocycles. The highest BCUT2D eigenvalue weighted by Crippen LogP contribution is 2.29. The number of fused-ring (bicyclic) bond motifs is 3. The van der Waals surface area contributed by atoms with Crippen LogP contribution >= 0.6 is 0 Å². The van der Waals surface area contributed by atoms with Crippen LogP contribution in [0.1, 0.15) is 53.0 Å². The van der Waals surface area contributed by atoms with Crippen LogP contribution in [0.3, 0.4) is 0 Å². The first-order valence-corrected chi connectivity index (χ1v) is 9.42. The van der Waals surface area contributed by atoms with Crippen molar-refractivity contribution in [3.05, 3.63) is 29.8 Å². The molecule has 0 aromatic carbocycles. The zero-order chi connectivity index (χ0) is 17.7. The van der Waals surface area contributed by atoms with Gasteiger partial charge in [0.15, 0.2) is 5.58 Å². The molecule has 0 unspecified atom stereocenters. The summed E-state index contributed by atoms with van der Waals surface area (Å²) in [7, 11) is 0. The smallest absolute Gasteiger partial charge is 0.270 e. The Bertz CT molecular complexity index is 871. The third kappa shape index (κ3) is 2.58. The molecule has 26 heavy (non-hydrogen) atoms. The van der Waals surface area contributed by atoms with E-state index in [1.807, 2.05) is 4.90 Å². The molecule has 5 heterocycles. The van der Waals surface area contributed by atoms with Crippen molar-refractivity contribution in [3.63, 3.8) is 0 Å². The Morgan fingerprint density at radius 2 is 2.12 bits per heavy atom. The minimum atomic E-state index is -0.188. The van der Waals surface area contributed by atoms with Crippen LogP contribution < -0.4 is 10.6 Å². The Morgan fingerprint density at radius 3 is 2.85 bits per heavy atom. The zero-order valence-electron chi connectivity index (χ0n) is 14.5. The molecule has 3 aliphatic heterocycles. The summed E-state index contributed by atoms with van der Waals surface area (Å²) in [6.07, 6.45) is 8.36. The van der Waals surface area contributed by atoms with E-state index in [2.05, 4.69) is 15.6 Å². The Kier molecular flexibility index (Phi) is 3.70. The molecule has 3 saturated heterocycles. The van der Waals surface area contributed by atoms with Crippen LogP contribution in [-0.2, 0) is 0 Å². The second-order valence-electron chi connectivity index (χ2n) is 7.58. The van der Waals surface area contributed by atoms with Crippen LogP contribution in [0.15, 0.2) is 22.9 Å². The molecular formula is C19H22N4O3. The summed E-state index contributed by atoms with van der Waals surface area (Å²) in [5, 5.41) is 7.27. The van der Waals surface area contributed by atoms with Crippen LogP contribution in [0.4, 0.5) is 0 Å². The molecule has 2 aromatic heterocycles. The molecule has 3 fully saturated rings. The molecule has 2 N–H and O–H groups in total. The number of hydrogen-bond acceptors (Lipinski definition) is 5. The third-order valence-corrected chi connectivity index (χ3v) is 5.93. The number of aromatic nitrogens is 1. The van der Waals surface area contributed by atoms with E-state index >= 15 is 0 Å².